The fourth-order valence-electron chi connectivity index (χ4n) is 4.34. The van der Waals surface area contributed by atoms with E-state index < -0.39 is 0 Å². The Morgan fingerprint density at radius 1 is 1.00 bits per heavy atom. The van der Waals surface area contributed by atoms with Crippen LogP contribution in [-0.4, -0.2) is 28.9 Å². The van der Waals surface area contributed by atoms with E-state index in [1.54, 1.807) is 0 Å². The van der Waals surface area contributed by atoms with Crippen molar-refractivity contribution in [3.63, 3.8) is 0 Å². The average molecular weight is 286 g/mol. The van der Waals surface area contributed by atoms with Gasteiger partial charge < -0.3 is 9.47 Å². The molecule has 20 heavy (non-hydrogen) atoms. The van der Waals surface area contributed by atoms with Crippen molar-refractivity contribution in [2.24, 2.45) is 29.6 Å². The van der Waals surface area contributed by atoms with Crippen LogP contribution in [0.2, 0.25) is 0 Å². The molecule has 0 aromatic carbocycles. The summed E-state index contributed by atoms with van der Waals surface area (Å²) in [4.78, 5) is 11.9. The summed E-state index contributed by atoms with van der Waals surface area (Å²) in [6, 6.07) is 0. The van der Waals surface area contributed by atoms with Gasteiger partial charge >= 0.3 is 5.97 Å². The molecule has 7 atom stereocenters. The van der Waals surface area contributed by atoms with Crippen LogP contribution in [-0.2, 0) is 14.3 Å². The Morgan fingerprint density at radius 3 is 2.35 bits per heavy atom. The zero-order chi connectivity index (χ0) is 14.9. The highest BCUT2D eigenvalue weighted by Crippen LogP contribution is 2.50. The number of hydrogen-bond acceptors (Lipinski definition) is 5. The molecule has 0 aromatic heterocycles. The Labute approximate surface area is 120 Å². The Morgan fingerprint density at radius 2 is 1.65 bits per heavy atom. The molecule has 0 spiro atoms. The van der Waals surface area contributed by atoms with Crippen LogP contribution in [0.3, 0.4) is 0 Å². The summed E-state index contributed by atoms with van der Waals surface area (Å²) in [6.45, 7) is 6.49. The van der Waals surface area contributed by atoms with Crippen molar-refractivity contribution in [2.45, 2.75) is 58.8 Å². The van der Waals surface area contributed by atoms with Crippen molar-refractivity contribution in [2.75, 3.05) is 0 Å². The van der Waals surface area contributed by atoms with E-state index in [0.29, 0.717) is 17.8 Å². The van der Waals surface area contributed by atoms with Gasteiger partial charge in [0.15, 0.2) is 0 Å². The zero-order valence-electron chi connectivity index (χ0n) is 12.5. The van der Waals surface area contributed by atoms with Crippen molar-refractivity contribution in [1.29, 1.82) is 0 Å². The van der Waals surface area contributed by atoms with E-state index in [9.17, 15) is 4.79 Å². The number of ether oxygens (including phenoxy) is 2. The molecule has 6 unspecified atom stereocenters. The first-order chi connectivity index (χ1) is 9.58. The van der Waals surface area contributed by atoms with E-state index in [0.717, 1.165) is 18.8 Å². The van der Waals surface area contributed by atoms with E-state index in [-0.39, 0.29) is 24.3 Å². The molecule has 0 bridgehead atoms. The van der Waals surface area contributed by atoms with Gasteiger partial charge in [-0.2, -0.15) is 0 Å². The van der Waals surface area contributed by atoms with E-state index in [2.05, 4.69) is 13.8 Å². The van der Waals surface area contributed by atoms with Crippen molar-refractivity contribution in [3.8, 4) is 0 Å². The molecule has 3 rings (SSSR count). The topological polar surface area (TPSA) is 76.0 Å². The molecular formula is C15H26O5. The number of hydrogen-bond donors (Lipinski definition) is 2. The van der Waals surface area contributed by atoms with E-state index in [1.165, 1.54) is 12.8 Å². The minimum atomic E-state index is -0.274. The van der Waals surface area contributed by atoms with Gasteiger partial charge in [-0.1, -0.05) is 20.3 Å². The lowest BCUT2D eigenvalue weighted by Crippen LogP contribution is -2.51. The maximum Gasteiger partial charge on any atom is 0.311 e. The van der Waals surface area contributed by atoms with Gasteiger partial charge in [0.05, 0.1) is 12.0 Å². The maximum atomic E-state index is 11.9. The van der Waals surface area contributed by atoms with Gasteiger partial charge in [-0.05, 0) is 43.9 Å². The Balaban J connectivity index is 0.000000704. The zero-order valence-corrected chi connectivity index (χ0v) is 12.5. The summed E-state index contributed by atoms with van der Waals surface area (Å²) in [5.41, 5.74) is 0. The lowest BCUT2D eigenvalue weighted by molar-refractivity contribution is -0.240. The van der Waals surface area contributed by atoms with Gasteiger partial charge in [0.25, 0.3) is 0 Å². The third-order valence-electron chi connectivity index (χ3n) is 5.51. The lowest BCUT2D eigenvalue weighted by Gasteiger charge is -2.48. The summed E-state index contributed by atoms with van der Waals surface area (Å²) >= 11 is 0. The molecule has 2 saturated heterocycles. The second-order valence-electron chi connectivity index (χ2n) is 6.58. The molecule has 116 valence electrons. The lowest BCUT2D eigenvalue weighted by atomic mass is 9.61. The predicted molar refractivity (Wildman–Crippen MR) is 73.0 cm³/mol. The van der Waals surface area contributed by atoms with Crippen LogP contribution in [0.1, 0.15) is 46.5 Å². The van der Waals surface area contributed by atoms with Crippen LogP contribution < -0.4 is 0 Å². The molecule has 0 aromatic rings. The second kappa shape index (κ2) is 6.41. The predicted octanol–water partition coefficient (Wildman–Crippen LogP) is 3.00. The highest BCUT2D eigenvalue weighted by Gasteiger charge is 2.52. The Kier molecular flexibility index (Phi) is 5.04. The van der Waals surface area contributed by atoms with Crippen LogP contribution in [0.25, 0.3) is 0 Å². The number of carbonyl (C=O) groups excluding carboxylic acids is 1. The van der Waals surface area contributed by atoms with Gasteiger partial charge in [0.1, 0.15) is 0 Å². The van der Waals surface area contributed by atoms with Crippen LogP contribution in [0.4, 0.5) is 0 Å². The number of rotatable bonds is 0. The minimum absolute atomic E-state index is 0.0522. The van der Waals surface area contributed by atoms with E-state index in [4.69, 9.17) is 20.0 Å². The molecule has 2 aliphatic heterocycles. The van der Waals surface area contributed by atoms with Gasteiger partial charge in [-0.15, -0.1) is 0 Å². The van der Waals surface area contributed by atoms with Gasteiger partial charge in [-0.25, -0.2) is 0 Å². The summed E-state index contributed by atoms with van der Waals surface area (Å²) in [5, 5.41) is 12.0. The first kappa shape index (κ1) is 15.7. The monoisotopic (exact) mass is 286 g/mol. The summed E-state index contributed by atoms with van der Waals surface area (Å²) < 4.78 is 11.6. The smallest absolute Gasteiger partial charge is 0.311 e. The van der Waals surface area contributed by atoms with E-state index >= 15 is 0 Å². The summed E-state index contributed by atoms with van der Waals surface area (Å²) in [6.07, 6.45) is 4.68. The summed E-state index contributed by atoms with van der Waals surface area (Å²) in [5.74, 6) is 2.33. The van der Waals surface area contributed by atoms with Crippen molar-refractivity contribution < 1.29 is 24.8 Å². The first-order valence-electron chi connectivity index (χ1n) is 7.64. The molecule has 5 nitrogen and oxygen atoms in total. The SMILES string of the molecule is CC1CCC2C3C(OC(=O)C(C)C3CC[C@H]2C)O1.OO. The maximum absolute atomic E-state index is 11.9. The summed E-state index contributed by atoms with van der Waals surface area (Å²) in [7, 11) is 0. The molecule has 2 N–H and O–H groups in total. The van der Waals surface area contributed by atoms with Crippen LogP contribution in [0.15, 0.2) is 0 Å². The second-order valence-corrected chi connectivity index (χ2v) is 6.58. The molecule has 3 aliphatic rings. The largest absolute Gasteiger partial charge is 0.435 e. The van der Waals surface area contributed by atoms with Crippen molar-refractivity contribution in [3.05, 3.63) is 0 Å². The van der Waals surface area contributed by atoms with Crippen molar-refractivity contribution in [1.82, 2.24) is 0 Å². The van der Waals surface area contributed by atoms with Crippen LogP contribution in [0.5, 0.6) is 0 Å². The molecule has 5 heteroatoms. The van der Waals surface area contributed by atoms with Gasteiger partial charge in [0.2, 0.25) is 6.29 Å². The van der Waals surface area contributed by atoms with Crippen molar-refractivity contribution >= 4 is 5.97 Å². The number of esters is 1. The molecule has 3 fully saturated rings. The minimum Gasteiger partial charge on any atom is -0.435 e. The fourth-order valence-corrected chi connectivity index (χ4v) is 4.34. The quantitative estimate of drug-likeness (QED) is 0.407. The average Bonchev–Trinajstić information content (AvgIpc) is 2.60. The highest BCUT2D eigenvalue weighted by molar-refractivity contribution is 5.73. The third-order valence-corrected chi connectivity index (χ3v) is 5.51. The van der Waals surface area contributed by atoms with E-state index in [1.807, 2.05) is 6.92 Å². The Bertz CT molecular complexity index is 345. The third kappa shape index (κ3) is 2.71. The fraction of sp³-hybridized carbons (Fsp3) is 0.933. The molecular weight excluding hydrogens is 260 g/mol. The van der Waals surface area contributed by atoms with Gasteiger partial charge in [0, 0.05) is 5.92 Å². The molecule has 2 heterocycles. The standard InChI is InChI=1S/C15H24O3.H2O2/c1-8-4-6-12-10(3)14(16)18-15-13(12)11(8)7-5-9(2)17-15;1-2/h8-13,15H,4-7H2,1-3H3;1-2H/t8-,9?,10?,11?,12?,13?,15?;/m1./s1. The first-order valence-corrected chi connectivity index (χ1v) is 7.64. The molecule has 0 amide bonds. The van der Waals surface area contributed by atoms with Crippen LogP contribution >= 0.6 is 0 Å². The molecule has 1 saturated carbocycles. The normalized spacial score (nSPS) is 47.2. The number of carbonyl (C=O) groups is 1. The van der Waals surface area contributed by atoms with Crippen LogP contribution in [0, 0.1) is 29.6 Å². The molecule has 0 radical (unpaired) electrons. The van der Waals surface area contributed by atoms with Gasteiger partial charge in [-0.3, -0.25) is 15.3 Å². The highest BCUT2D eigenvalue weighted by atomic mass is 17.0. The Hall–Kier alpha value is -0.650. The molecule has 1 aliphatic carbocycles.